The van der Waals surface area contributed by atoms with E-state index in [9.17, 15) is 5.11 Å². The number of aliphatic hydroxyl groups is 1. The fraction of sp³-hybridized carbons (Fsp3) is 0.769. The molecule has 1 saturated carbocycles. The van der Waals surface area contributed by atoms with Crippen LogP contribution < -0.4 is 0 Å². The van der Waals surface area contributed by atoms with E-state index in [1.165, 1.54) is 0 Å². The van der Waals surface area contributed by atoms with E-state index >= 15 is 0 Å². The Morgan fingerprint density at radius 1 is 1.61 bits per heavy atom. The van der Waals surface area contributed by atoms with Gasteiger partial charge >= 0.3 is 0 Å². The molecule has 0 radical (unpaired) electrons. The summed E-state index contributed by atoms with van der Waals surface area (Å²) >= 11 is 6.16. The molecule has 1 aliphatic rings. The Hall–Kier alpha value is -0.580. The summed E-state index contributed by atoms with van der Waals surface area (Å²) in [6.45, 7) is 5.98. The number of rotatable bonds is 5. The van der Waals surface area contributed by atoms with Gasteiger partial charge in [0.1, 0.15) is 6.10 Å². The molecule has 0 aromatic carbocycles. The summed E-state index contributed by atoms with van der Waals surface area (Å²) < 4.78 is 1.83. The second kappa shape index (κ2) is 4.83. The molecule has 4 nitrogen and oxygen atoms in total. The van der Waals surface area contributed by atoms with E-state index < -0.39 is 6.10 Å². The molecule has 5 heteroatoms. The molecule has 1 N–H and O–H groups in total. The van der Waals surface area contributed by atoms with Gasteiger partial charge in [-0.15, -0.1) is 0 Å². The third-order valence-corrected chi connectivity index (χ3v) is 4.13. The molecule has 0 saturated heterocycles. The first kappa shape index (κ1) is 13.8. The Kier molecular flexibility index (Phi) is 3.72. The second-order valence-electron chi connectivity index (χ2n) is 6.15. The highest BCUT2D eigenvalue weighted by molar-refractivity contribution is 6.31. The molecule has 18 heavy (non-hydrogen) atoms. The minimum absolute atomic E-state index is 0.222. The van der Waals surface area contributed by atoms with Crippen LogP contribution in [0.3, 0.4) is 0 Å². The standard InChI is InChI=1S/C13H22ClN3O/c1-13(2)7-9(13)12(18)11-10(14)8-15-17(11)6-5-16(3)4/h8-9,12,18H,5-7H2,1-4H3. The van der Waals surface area contributed by atoms with E-state index in [-0.39, 0.29) is 5.41 Å². The number of likely N-dealkylation sites (N-methyl/N-ethyl adjacent to an activating group) is 1. The number of nitrogens with zero attached hydrogens (tertiary/aromatic N) is 3. The van der Waals surface area contributed by atoms with Crippen molar-refractivity contribution >= 4 is 11.6 Å². The Morgan fingerprint density at radius 3 is 2.72 bits per heavy atom. The van der Waals surface area contributed by atoms with E-state index in [2.05, 4.69) is 23.8 Å². The molecular formula is C13H22ClN3O. The van der Waals surface area contributed by atoms with Gasteiger partial charge in [-0.05, 0) is 31.8 Å². The largest absolute Gasteiger partial charge is 0.386 e. The number of halogens is 1. The predicted octanol–water partition coefficient (Wildman–Crippen LogP) is 2.18. The lowest BCUT2D eigenvalue weighted by Crippen LogP contribution is -2.21. The minimum atomic E-state index is -0.503. The summed E-state index contributed by atoms with van der Waals surface area (Å²) in [4.78, 5) is 2.09. The molecule has 2 unspecified atom stereocenters. The van der Waals surface area contributed by atoms with Crippen LogP contribution in [-0.4, -0.2) is 40.4 Å². The summed E-state index contributed by atoms with van der Waals surface area (Å²) in [6.07, 6.45) is 2.17. The van der Waals surface area contributed by atoms with Gasteiger partial charge in [0.15, 0.2) is 0 Å². The fourth-order valence-electron chi connectivity index (χ4n) is 2.38. The van der Waals surface area contributed by atoms with E-state index in [4.69, 9.17) is 11.6 Å². The monoisotopic (exact) mass is 271 g/mol. The highest BCUT2D eigenvalue weighted by atomic mass is 35.5. The van der Waals surface area contributed by atoms with Gasteiger partial charge in [-0.25, -0.2) is 0 Å². The molecular weight excluding hydrogens is 250 g/mol. The molecule has 1 fully saturated rings. The topological polar surface area (TPSA) is 41.3 Å². The van der Waals surface area contributed by atoms with E-state index in [1.807, 2.05) is 18.8 Å². The average Bonchev–Trinajstić information content (AvgIpc) is 2.75. The predicted molar refractivity (Wildman–Crippen MR) is 72.6 cm³/mol. The minimum Gasteiger partial charge on any atom is -0.386 e. The summed E-state index contributed by atoms with van der Waals surface area (Å²) in [5.74, 6) is 0.296. The number of aliphatic hydroxyl groups excluding tert-OH is 1. The van der Waals surface area contributed by atoms with Crippen LogP contribution in [0.5, 0.6) is 0 Å². The molecule has 0 spiro atoms. The van der Waals surface area contributed by atoms with E-state index in [0.717, 1.165) is 25.2 Å². The first-order valence-corrected chi connectivity index (χ1v) is 6.74. The van der Waals surface area contributed by atoms with Crippen molar-refractivity contribution in [3.63, 3.8) is 0 Å². The van der Waals surface area contributed by atoms with Gasteiger partial charge in [-0.1, -0.05) is 25.4 Å². The molecule has 1 aromatic rings. The Balaban J connectivity index is 2.14. The van der Waals surface area contributed by atoms with E-state index in [0.29, 0.717) is 10.9 Å². The zero-order chi connectivity index (χ0) is 13.5. The van der Waals surface area contributed by atoms with Gasteiger partial charge in [0.25, 0.3) is 0 Å². The normalized spacial score (nSPS) is 23.4. The maximum Gasteiger partial charge on any atom is 0.100 e. The van der Waals surface area contributed by atoms with Crippen LogP contribution in [-0.2, 0) is 6.54 Å². The summed E-state index contributed by atoms with van der Waals surface area (Å²) in [5.41, 5.74) is 0.994. The van der Waals surface area contributed by atoms with Crippen molar-refractivity contribution in [2.75, 3.05) is 20.6 Å². The number of hydrogen-bond donors (Lipinski definition) is 1. The lowest BCUT2D eigenvalue weighted by atomic mass is 10.0. The fourth-order valence-corrected chi connectivity index (χ4v) is 2.63. The van der Waals surface area contributed by atoms with Crippen LogP contribution in [0.4, 0.5) is 0 Å². The highest BCUT2D eigenvalue weighted by Gasteiger charge is 2.51. The lowest BCUT2D eigenvalue weighted by Gasteiger charge is -2.17. The van der Waals surface area contributed by atoms with Crippen molar-refractivity contribution < 1.29 is 5.11 Å². The van der Waals surface area contributed by atoms with Gasteiger partial charge < -0.3 is 10.0 Å². The van der Waals surface area contributed by atoms with E-state index in [1.54, 1.807) is 6.20 Å². The molecule has 0 aliphatic heterocycles. The summed E-state index contributed by atoms with van der Waals surface area (Å²) in [7, 11) is 4.04. The van der Waals surface area contributed by atoms with Crippen molar-refractivity contribution in [3.05, 3.63) is 16.9 Å². The third kappa shape index (κ3) is 2.71. The van der Waals surface area contributed by atoms with Crippen molar-refractivity contribution in [1.29, 1.82) is 0 Å². The Morgan fingerprint density at radius 2 is 2.22 bits per heavy atom. The quantitative estimate of drug-likeness (QED) is 0.892. The van der Waals surface area contributed by atoms with Gasteiger partial charge in [-0.2, -0.15) is 5.10 Å². The van der Waals surface area contributed by atoms with Crippen molar-refractivity contribution in [1.82, 2.24) is 14.7 Å². The first-order chi connectivity index (χ1) is 8.33. The van der Waals surface area contributed by atoms with Crippen molar-refractivity contribution in [3.8, 4) is 0 Å². The van der Waals surface area contributed by atoms with Crippen LogP contribution in [0, 0.1) is 11.3 Å². The molecule has 1 heterocycles. The van der Waals surface area contributed by atoms with Gasteiger partial charge in [0.05, 0.1) is 23.5 Å². The highest BCUT2D eigenvalue weighted by Crippen LogP contribution is 2.58. The summed E-state index contributed by atoms with van der Waals surface area (Å²) in [5, 5.41) is 15.3. The zero-order valence-electron chi connectivity index (χ0n) is 11.5. The SMILES string of the molecule is CN(C)CCn1ncc(Cl)c1C(O)C1CC1(C)C. The maximum absolute atomic E-state index is 10.5. The van der Waals surface area contributed by atoms with Crippen LogP contribution in [0.25, 0.3) is 0 Å². The average molecular weight is 272 g/mol. The zero-order valence-corrected chi connectivity index (χ0v) is 12.3. The molecule has 0 amide bonds. The van der Waals surface area contributed by atoms with Crippen molar-refractivity contribution in [2.45, 2.75) is 32.9 Å². The first-order valence-electron chi connectivity index (χ1n) is 6.37. The molecule has 0 bridgehead atoms. The molecule has 2 rings (SSSR count). The van der Waals surface area contributed by atoms with Crippen molar-refractivity contribution in [2.24, 2.45) is 11.3 Å². The Labute approximate surface area is 114 Å². The van der Waals surface area contributed by atoms with Crippen LogP contribution in [0.15, 0.2) is 6.20 Å². The maximum atomic E-state index is 10.5. The lowest BCUT2D eigenvalue weighted by molar-refractivity contribution is 0.127. The van der Waals surface area contributed by atoms with Crippen LogP contribution in [0.2, 0.25) is 5.02 Å². The van der Waals surface area contributed by atoms with Crippen LogP contribution in [0.1, 0.15) is 32.1 Å². The number of aromatic nitrogens is 2. The number of hydrogen-bond acceptors (Lipinski definition) is 3. The molecule has 1 aliphatic carbocycles. The Bertz CT molecular complexity index is 428. The van der Waals surface area contributed by atoms with Crippen LogP contribution >= 0.6 is 11.6 Å². The van der Waals surface area contributed by atoms with Gasteiger partial charge in [0.2, 0.25) is 0 Å². The third-order valence-electron chi connectivity index (χ3n) is 3.84. The molecule has 2 atom stereocenters. The smallest absolute Gasteiger partial charge is 0.100 e. The molecule has 102 valence electrons. The molecule has 1 aromatic heterocycles. The van der Waals surface area contributed by atoms with Gasteiger partial charge in [0, 0.05) is 6.54 Å². The second-order valence-corrected chi connectivity index (χ2v) is 6.56. The van der Waals surface area contributed by atoms with Gasteiger partial charge in [-0.3, -0.25) is 4.68 Å². The summed E-state index contributed by atoms with van der Waals surface area (Å²) in [6, 6.07) is 0.